The Hall–Kier alpha value is -2.04. The lowest BCUT2D eigenvalue weighted by Gasteiger charge is -1.91. The number of carboxylic acid groups (broad SMARTS) is 1. The molecule has 2 aromatic rings. The third-order valence-electron chi connectivity index (χ3n) is 2.33. The van der Waals surface area contributed by atoms with E-state index in [4.69, 9.17) is 13.9 Å². The standard InChI is InChI=1S/C12H13NO4/c1-3-4-8-10(12(14)15)17-11(13-8)9-6-5-7(2)16-9/h5-6H,3-4H2,1-2H3,(H,14,15). The summed E-state index contributed by atoms with van der Waals surface area (Å²) in [6.07, 6.45) is 1.38. The molecule has 2 aromatic heterocycles. The Morgan fingerprint density at radius 3 is 2.71 bits per heavy atom. The van der Waals surface area contributed by atoms with Crippen LogP contribution in [0.1, 0.15) is 35.4 Å². The molecule has 0 unspecified atom stereocenters. The summed E-state index contributed by atoms with van der Waals surface area (Å²) in [6.45, 7) is 3.76. The number of hydrogen-bond donors (Lipinski definition) is 1. The van der Waals surface area contributed by atoms with E-state index in [0.717, 1.165) is 12.2 Å². The van der Waals surface area contributed by atoms with Crippen LogP contribution in [0.2, 0.25) is 0 Å². The highest BCUT2D eigenvalue weighted by Crippen LogP contribution is 2.24. The maximum absolute atomic E-state index is 11.0. The van der Waals surface area contributed by atoms with E-state index in [2.05, 4.69) is 4.98 Å². The number of aryl methyl sites for hydroxylation is 2. The predicted molar refractivity (Wildman–Crippen MR) is 59.9 cm³/mol. The van der Waals surface area contributed by atoms with E-state index in [9.17, 15) is 4.79 Å². The van der Waals surface area contributed by atoms with Crippen molar-refractivity contribution in [2.45, 2.75) is 26.7 Å². The van der Waals surface area contributed by atoms with E-state index in [1.807, 2.05) is 6.92 Å². The largest absolute Gasteiger partial charge is 0.475 e. The van der Waals surface area contributed by atoms with Gasteiger partial charge in [0.25, 0.3) is 5.89 Å². The van der Waals surface area contributed by atoms with Gasteiger partial charge in [0, 0.05) is 0 Å². The lowest BCUT2D eigenvalue weighted by Crippen LogP contribution is -1.99. The van der Waals surface area contributed by atoms with Crippen LogP contribution in [0, 0.1) is 6.92 Å². The molecule has 0 saturated heterocycles. The molecule has 0 radical (unpaired) electrons. The van der Waals surface area contributed by atoms with Crippen LogP contribution < -0.4 is 0 Å². The number of carboxylic acids is 1. The molecule has 0 fully saturated rings. The molecule has 0 aromatic carbocycles. The van der Waals surface area contributed by atoms with E-state index in [-0.39, 0.29) is 11.7 Å². The number of nitrogens with zero attached hydrogens (tertiary/aromatic N) is 1. The van der Waals surface area contributed by atoms with Crippen LogP contribution in [0.25, 0.3) is 11.7 Å². The summed E-state index contributed by atoms with van der Waals surface area (Å²) < 4.78 is 10.6. The van der Waals surface area contributed by atoms with Gasteiger partial charge in [-0.05, 0) is 25.5 Å². The SMILES string of the molecule is CCCc1nc(-c2ccc(C)o2)oc1C(=O)O. The molecule has 0 amide bonds. The van der Waals surface area contributed by atoms with Gasteiger partial charge in [-0.3, -0.25) is 0 Å². The molecule has 0 saturated carbocycles. The van der Waals surface area contributed by atoms with Crippen LogP contribution in [0.5, 0.6) is 0 Å². The number of furan rings is 1. The first-order valence-electron chi connectivity index (χ1n) is 5.41. The van der Waals surface area contributed by atoms with Gasteiger partial charge in [-0.1, -0.05) is 13.3 Å². The number of hydrogen-bond acceptors (Lipinski definition) is 4. The zero-order valence-corrected chi connectivity index (χ0v) is 9.69. The average molecular weight is 235 g/mol. The molecule has 17 heavy (non-hydrogen) atoms. The molecule has 1 N–H and O–H groups in total. The molecule has 0 bridgehead atoms. The molecule has 0 atom stereocenters. The summed E-state index contributed by atoms with van der Waals surface area (Å²) in [6, 6.07) is 3.49. The van der Waals surface area contributed by atoms with E-state index in [0.29, 0.717) is 17.9 Å². The quantitative estimate of drug-likeness (QED) is 0.881. The molecule has 2 heterocycles. The monoisotopic (exact) mass is 235 g/mol. The van der Waals surface area contributed by atoms with Crippen molar-refractivity contribution in [1.29, 1.82) is 0 Å². The molecule has 0 aliphatic heterocycles. The maximum atomic E-state index is 11.0. The zero-order chi connectivity index (χ0) is 12.4. The number of aromatic nitrogens is 1. The van der Waals surface area contributed by atoms with Gasteiger partial charge in [-0.2, -0.15) is 0 Å². The van der Waals surface area contributed by atoms with Crippen molar-refractivity contribution in [3.8, 4) is 11.7 Å². The summed E-state index contributed by atoms with van der Waals surface area (Å²) in [4.78, 5) is 15.1. The number of aromatic carboxylic acids is 1. The molecular weight excluding hydrogens is 222 g/mol. The Labute approximate surface area is 98.1 Å². The predicted octanol–water partition coefficient (Wildman–Crippen LogP) is 2.89. The average Bonchev–Trinajstić information content (AvgIpc) is 2.85. The lowest BCUT2D eigenvalue weighted by molar-refractivity contribution is 0.0661. The summed E-state index contributed by atoms with van der Waals surface area (Å²) in [7, 11) is 0. The Morgan fingerprint density at radius 2 is 2.18 bits per heavy atom. The number of rotatable bonds is 4. The van der Waals surface area contributed by atoms with Crippen molar-refractivity contribution in [1.82, 2.24) is 4.98 Å². The van der Waals surface area contributed by atoms with E-state index in [1.54, 1.807) is 19.1 Å². The highest BCUT2D eigenvalue weighted by Gasteiger charge is 2.20. The minimum atomic E-state index is -1.10. The molecule has 5 heteroatoms. The van der Waals surface area contributed by atoms with Crippen LogP contribution >= 0.6 is 0 Å². The Morgan fingerprint density at radius 1 is 1.41 bits per heavy atom. The molecule has 0 aliphatic rings. The first-order valence-corrected chi connectivity index (χ1v) is 5.41. The van der Waals surface area contributed by atoms with Gasteiger partial charge in [0.05, 0.1) is 5.69 Å². The third kappa shape index (κ3) is 2.22. The van der Waals surface area contributed by atoms with Gasteiger partial charge in [0.1, 0.15) is 5.76 Å². The van der Waals surface area contributed by atoms with Gasteiger partial charge in [-0.15, -0.1) is 0 Å². The summed E-state index contributed by atoms with van der Waals surface area (Å²) in [5.41, 5.74) is 0.462. The van der Waals surface area contributed by atoms with Crippen molar-refractivity contribution in [2.75, 3.05) is 0 Å². The number of oxazole rings is 1. The fourth-order valence-corrected chi connectivity index (χ4v) is 1.58. The van der Waals surface area contributed by atoms with Crippen molar-refractivity contribution in [2.24, 2.45) is 0 Å². The van der Waals surface area contributed by atoms with E-state index < -0.39 is 5.97 Å². The first-order chi connectivity index (χ1) is 8.11. The molecular formula is C12H13NO4. The third-order valence-corrected chi connectivity index (χ3v) is 2.33. The minimum absolute atomic E-state index is 0.101. The van der Waals surface area contributed by atoms with Crippen molar-refractivity contribution in [3.63, 3.8) is 0 Å². The van der Waals surface area contributed by atoms with Crippen molar-refractivity contribution in [3.05, 3.63) is 29.3 Å². The minimum Gasteiger partial charge on any atom is -0.475 e. The molecule has 90 valence electrons. The van der Waals surface area contributed by atoms with Crippen LogP contribution in [0.3, 0.4) is 0 Å². The van der Waals surface area contributed by atoms with Crippen molar-refractivity contribution < 1.29 is 18.7 Å². The Bertz CT molecular complexity index is 538. The first kappa shape index (κ1) is 11.4. The van der Waals surface area contributed by atoms with Gasteiger partial charge < -0.3 is 13.9 Å². The maximum Gasteiger partial charge on any atom is 0.373 e. The molecule has 5 nitrogen and oxygen atoms in total. The fraction of sp³-hybridized carbons (Fsp3) is 0.333. The van der Waals surface area contributed by atoms with E-state index >= 15 is 0 Å². The van der Waals surface area contributed by atoms with Gasteiger partial charge in [0.2, 0.25) is 5.76 Å². The van der Waals surface area contributed by atoms with E-state index in [1.165, 1.54) is 0 Å². The van der Waals surface area contributed by atoms with Gasteiger partial charge in [0.15, 0.2) is 5.76 Å². The van der Waals surface area contributed by atoms with Crippen LogP contribution in [-0.2, 0) is 6.42 Å². The molecule has 0 spiro atoms. The highest BCUT2D eigenvalue weighted by molar-refractivity contribution is 5.86. The molecule has 2 rings (SSSR count). The zero-order valence-electron chi connectivity index (χ0n) is 9.69. The summed E-state index contributed by atoms with van der Waals surface area (Å²) in [5, 5.41) is 8.99. The summed E-state index contributed by atoms with van der Waals surface area (Å²) >= 11 is 0. The topological polar surface area (TPSA) is 76.5 Å². The second kappa shape index (κ2) is 4.45. The lowest BCUT2D eigenvalue weighted by atomic mass is 10.2. The van der Waals surface area contributed by atoms with Crippen molar-refractivity contribution >= 4 is 5.97 Å². The Balaban J connectivity index is 2.43. The van der Waals surface area contributed by atoms with Gasteiger partial charge >= 0.3 is 5.97 Å². The Kier molecular flexibility index (Phi) is 2.99. The number of carbonyl (C=O) groups is 1. The fourth-order valence-electron chi connectivity index (χ4n) is 1.58. The van der Waals surface area contributed by atoms with Crippen LogP contribution in [0.4, 0.5) is 0 Å². The summed E-state index contributed by atoms with van der Waals surface area (Å²) in [5.74, 6) is 0.199. The molecule has 0 aliphatic carbocycles. The second-order valence-electron chi connectivity index (χ2n) is 3.76. The van der Waals surface area contributed by atoms with Crippen LogP contribution in [-0.4, -0.2) is 16.1 Å². The second-order valence-corrected chi connectivity index (χ2v) is 3.76. The van der Waals surface area contributed by atoms with Crippen LogP contribution in [0.15, 0.2) is 21.0 Å². The smallest absolute Gasteiger partial charge is 0.373 e. The highest BCUT2D eigenvalue weighted by atomic mass is 16.4. The normalized spacial score (nSPS) is 10.7. The van der Waals surface area contributed by atoms with Gasteiger partial charge in [-0.25, -0.2) is 9.78 Å².